The second kappa shape index (κ2) is 4.61. The van der Waals surface area contributed by atoms with E-state index in [1.807, 2.05) is 23.7 Å². The van der Waals surface area contributed by atoms with Gasteiger partial charge in [0.25, 0.3) is 0 Å². The van der Waals surface area contributed by atoms with E-state index in [0.29, 0.717) is 0 Å². The van der Waals surface area contributed by atoms with Crippen molar-refractivity contribution in [3.63, 3.8) is 0 Å². The van der Waals surface area contributed by atoms with Gasteiger partial charge in [0.2, 0.25) is 5.28 Å². The quantitative estimate of drug-likeness (QED) is 0.770. The average molecular weight is 237 g/mol. The molecule has 2 rings (SSSR count). The molecule has 0 aromatic carbocycles. The minimum atomic E-state index is 0.277. The fraction of sp³-hybridized carbons (Fsp3) is 0.364. The zero-order chi connectivity index (χ0) is 11.5. The first-order chi connectivity index (χ1) is 7.70. The summed E-state index contributed by atoms with van der Waals surface area (Å²) in [5.74, 6) is 0. The van der Waals surface area contributed by atoms with Crippen LogP contribution in [0.3, 0.4) is 0 Å². The van der Waals surface area contributed by atoms with Gasteiger partial charge in [0.15, 0.2) is 0 Å². The third kappa shape index (κ3) is 2.22. The van der Waals surface area contributed by atoms with Crippen molar-refractivity contribution in [2.75, 3.05) is 0 Å². The molecule has 0 amide bonds. The van der Waals surface area contributed by atoms with Crippen molar-refractivity contribution in [2.45, 2.75) is 26.8 Å². The van der Waals surface area contributed by atoms with Crippen LogP contribution in [0, 0.1) is 6.92 Å². The highest BCUT2D eigenvalue weighted by Crippen LogP contribution is 2.19. The first-order valence-electron chi connectivity index (χ1n) is 5.24. The van der Waals surface area contributed by atoms with Gasteiger partial charge >= 0.3 is 0 Å². The third-order valence-electron chi connectivity index (χ3n) is 2.24. The topological polar surface area (TPSA) is 43.6 Å². The molecule has 2 aromatic rings. The molecule has 0 fully saturated rings. The molecule has 0 saturated carbocycles. The molecule has 0 radical (unpaired) electrons. The van der Waals surface area contributed by atoms with Crippen LogP contribution in [-0.4, -0.2) is 19.7 Å². The number of rotatable bonds is 3. The molecule has 0 spiro atoms. The van der Waals surface area contributed by atoms with Gasteiger partial charge < -0.3 is 0 Å². The predicted octanol–water partition coefficient (Wildman–Crippen LogP) is 2.71. The Kier molecular flexibility index (Phi) is 3.19. The van der Waals surface area contributed by atoms with Crippen LogP contribution in [0.25, 0.3) is 11.4 Å². The van der Waals surface area contributed by atoms with Crippen LogP contribution in [-0.2, 0) is 6.54 Å². The van der Waals surface area contributed by atoms with Gasteiger partial charge in [-0.1, -0.05) is 6.92 Å². The summed E-state index contributed by atoms with van der Waals surface area (Å²) in [4.78, 5) is 8.26. The number of nitrogens with zero attached hydrogens (tertiary/aromatic N) is 4. The average Bonchev–Trinajstić information content (AvgIpc) is 2.65. The molecule has 0 atom stereocenters. The van der Waals surface area contributed by atoms with Crippen molar-refractivity contribution in [1.29, 1.82) is 0 Å². The Balaban J connectivity index is 2.45. The molecule has 0 aliphatic heterocycles. The molecule has 84 valence electrons. The number of hydrogen-bond donors (Lipinski definition) is 0. The lowest BCUT2D eigenvalue weighted by molar-refractivity contribution is 0.608. The maximum atomic E-state index is 5.84. The molecule has 0 bridgehead atoms. The van der Waals surface area contributed by atoms with Gasteiger partial charge in [-0.25, -0.2) is 9.97 Å². The molecule has 4 nitrogen and oxygen atoms in total. The van der Waals surface area contributed by atoms with E-state index in [9.17, 15) is 0 Å². The van der Waals surface area contributed by atoms with Gasteiger partial charge in [-0.3, -0.25) is 4.68 Å². The smallest absolute Gasteiger partial charge is 0.223 e. The molecule has 0 N–H and O–H groups in total. The highest BCUT2D eigenvalue weighted by Gasteiger charge is 2.08. The number of hydrogen-bond acceptors (Lipinski definition) is 3. The van der Waals surface area contributed by atoms with Crippen molar-refractivity contribution in [3.8, 4) is 11.4 Å². The summed E-state index contributed by atoms with van der Waals surface area (Å²) in [6.07, 6.45) is 2.81. The lowest BCUT2D eigenvalue weighted by Gasteiger charge is -2.06. The van der Waals surface area contributed by atoms with E-state index in [0.717, 1.165) is 30.0 Å². The van der Waals surface area contributed by atoms with Gasteiger partial charge in [0, 0.05) is 18.4 Å². The first-order valence-corrected chi connectivity index (χ1v) is 5.62. The summed E-state index contributed by atoms with van der Waals surface area (Å²) >= 11 is 5.84. The van der Waals surface area contributed by atoms with Crippen LogP contribution < -0.4 is 0 Å². The SMILES string of the molecule is CCCn1nccc1-c1cc(C)nc(Cl)n1. The van der Waals surface area contributed by atoms with Gasteiger partial charge in [-0.15, -0.1) is 0 Å². The molecular formula is C11H13ClN4. The molecule has 2 aromatic heterocycles. The Morgan fingerprint density at radius 1 is 1.38 bits per heavy atom. The summed E-state index contributed by atoms with van der Waals surface area (Å²) in [5, 5.41) is 4.53. The Morgan fingerprint density at radius 2 is 2.19 bits per heavy atom. The number of aromatic nitrogens is 4. The summed E-state index contributed by atoms with van der Waals surface area (Å²) in [6, 6.07) is 3.85. The minimum absolute atomic E-state index is 0.277. The van der Waals surface area contributed by atoms with Crippen LogP contribution in [0.15, 0.2) is 18.3 Å². The molecule has 16 heavy (non-hydrogen) atoms. The standard InChI is InChI=1S/C11H13ClN4/c1-3-6-16-10(4-5-13-16)9-7-8(2)14-11(12)15-9/h4-5,7H,3,6H2,1-2H3. The Bertz CT molecular complexity index is 472. The van der Waals surface area contributed by atoms with Crippen molar-refractivity contribution in [3.05, 3.63) is 29.3 Å². The predicted molar refractivity (Wildman–Crippen MR) is 63.3 cm³/mol. The molecule has 0 saturated heterocycles. The van der Waals surface area contributed by atoms with E-state index >= 15 is 0 Å². The van der Waals surface area contributed by atoms with Crippen molar-refractivity contribution < 1.29 is 0 Å². The second-order valence-electron chi connectivity index (χ2n) is 3.60. The maximum absolute atomic E-state index is 5.84. The van der Waals surface area contributed by atoms with Crippen LogP contribution in [0.2, 0.25) is 5.28 Å². The van der Waals surface area contributed by atoms with Crippen molar-refractivity contribution >= 4 is 11.6 Å². The second-order valence-corrected chi connectivity index (χ2v) is 3.94. The van der Waals surface area contributed by atoms with Crippen molar-refractivity contribution in [1.82, 2.24) is 19.7 Å². The Morgan fingerprint density at radius 3 is 2.88 bits per heavy atom. The lowest BCUT2D eigenvalue weighted by atomic mass is 10.2. The number of halogens is 1. The zero-order valence-corrected chi connectivity index (χ0v) is 10.1. The van der Waals surface area contributed by atoms with Crippen molar-refractivity contribution in [2.24, 2.45) is 0 Å². The Labute approximate surface area is 99.3 Å². The fourth-order valence-electron chi connectivity index (χ4n) is 1.60. The van der Waals surface area contributed by atoms with Crippen LogP contribution in [0.5, 0.6) is 0 Å². The normalized spacial score (nSPS) is 10.7. The van der Waals surface area contributed by atoms with E-state index in [4.69, 9.17) is 11.6 Å². The lowest BCUT2D eigenvalue weighted by Crippen LogP contribution is -2.02. The summed E-state index contributed by atoms with van der Waals surface area (Å²) < 4.78 is 1.93. The third-order valence-corrected chi connectivity index (χ3v) is 2.41. The highest BCUT2D eigenvalue weighted by molar-refractivity contribution is 6.28. The monoisotopic (exact) mass is 236 g/mol. The largest absolute Gasteiger partial charge is 0.263 e. The summed E-state index contributed by atoms with van der Waals surface area (Å²) in [7, 11) is 0. The zero-order valence-electron chi connectivity index (χ0n) is 9.31. The molecular weight excluding hydrogens is 224 g/mol. The van der Waals surface area contributed by atoms with Crippen LogP contribution in [0.1, 0.15) is 19.0 Å². The molecule has 0 aliphatic carbocycles. The number of aryl methyl sites for hydroxylation is 2. The van der Waals surface area contributed by atoms with E-state index in [-0.39, 0.29) is 5.28 Å². The highest BCUT2D eigenvalue weighted by atomic mass is 35.5. The van der Waals surface area contributed by atoms with E-state index < -0.39 is 0 Å². The molecule has 0 aliphatic rings. The Hall–Kier alpha value is -1.42. The van der Waals surface area contributed by atoms with Gasteiger partial charge in [0.05, 0.1) is 11.4 Å². The fourth-order valence-corrected chi connectivity index (χ4v) is 1.83. The maximum Gasteiger partial charge on any atom is 0.223 e. The van der Waals surface area contributed by atoms with E-state index in [1.165, 1.54) is 0 Å². The minimum Gasteiger partial charge on any atom is -0.263 e. The van der Waals surface area contributed by atoms with Gasteiger partial charge in [-0.05, 0) is 37.1 Å². The van der Waals surface area contributed by atoms with E-state index in [2.05, 4.69) is 22.0 Å². The van der Waals surface area contributed by atoms with Gasteiger partial charge in [-0.2, -0.15) is 5.10 Å². The van der Waals surface area contributed by atoms with E-state index in [1.54, 1.807) is 6.20 Å². The van der Waals surface area contributed by atoms with Crippen LogP contribution >= 0.6 is 11.6 Å². The van der Waals surface area contributed by atoms with Crippen LogP contribution in [0.4, 0.5) is 0 Å². The summed E-state index contributed by atoms with van der Waals surface area (Å²) in [6.45, 7) is 4.89. The molecule has 2 heterocycles. The molecule has 5 heteroatoms. The van der Waals surface area contributed by atoms with Gasteiger partial charge in [0.1, 0.15) is 0 Å². The molecule has 0 unspecified atom stereocenters. The summed E-state index contributed by atoms with van der Waals surface area (Å²) in [5.41, 5.74) is 2.66. The first kappa shape index (κ1) is 11.1.